The first kappa shape index (κ1) is 16.1. The minimum atomic E-state index is 0.221. The van der Waals surface area contributed by atoms with E-state index >= 15 is 0 Å². The van der Waals surface area contributed by atoms with E-state index in [1.54, 1.807) is 6.20 Å². The van der Waals surface area contributed by atoms with Crippen molar-refractivity contribution in [1.29, 1.82) is 5.26 Å². The number of hydrogen-bond acceptors (Lipinski definition) is 6. The molecule has 1 amide bonds. The van der Waals surface area contributed by atoms with Crippen LogP contribution in [0.2, 0.25) is 0 Å². The summed E-state index contributed by atoms with van der Waals surface area (Å²) in [4.78, 5) is 22.8. The van der Waals surface area contributed by atoms with Crippen molar-refractivity contribution in [2.24, 2.45) is 5.92 Å². The third-order valence-electron chi connectivity index (χ3n) is 4.67. The Bertz CT molecular complexity index is 617. The van der Waals surface area contributed by atoms with Gasteiger partial charge >= 0.3 is 0 Å². The Morgan fingerprint density at radius 2 is 2.13 bits per heavy atom. The Morgan fingerprint density at radius 1 is 1.39 bits per heavy atom. The Labute approximate surface area is 140 Å². The number of amides is 1. The fraction of sp³-hybridized carbons (Fsp3) is 0.625. The molecule has 0 unspecified atom stereocenters. The highest BCUT2D eigenvalue weighted by atomic mass is 32.2. The molecule has 7 heteroatoms. The van der Waals surface area contributed by atoms with Crippen molar-refractivity contribution < 1.29 is 4.79 Å². The lowest BCUT2D eigenvalue weighted by Gasteiger charge is -2.35. The van der Waals surface area contributed by atoms with Gasteiger partial charge in [0.15, 0.2) is 11.0 Å². The molecule has 0 aromatic carbocycles. The summed E-state index contributed by atoms with van der Waals surface area (Å²) in [6.07, 6.45) is 8.55. The molecule has 1 saturated carbocycles. The van der Waals surface area contributed by atoms with E-state index in [0.717, 1.165) is 44.6 Å². The average molecular weight is 331 g/mol. The molecule has 122 valence electrons. The molecule has 2 heterocycles. The van der Waals surface area contributed by atoms with Gasteiger partial charge in [0, 0.05) is 25.0 Å². The summed E-state index contributed by atoms with van der Waals surface area (Å²) in [5.41, 5.74) is 0.514. The van der Waals surface area contributed by atoms with Crippen molar-refractivity contribution >= 4 is 23.5 Å². The Morgan fingerprint density at radius 3 is 2.70 bits per heavy atom. The molecule has 1 saturated heterocycles. The van der Waals surface area contributed by atoms with Crippen LogP contribution in [-0.2, 0) is 4.79 Å². The van der Waals surface area contributed by atoms with Gasteiger partial charge in [-0.2, -0.15) is 5.26 Å². The van der Waals surface area contributed by atoms with Crippen molar-refractivity contribution in [2.45, 2.75) is 43.3 Å². The molecule has 2 fully saturated rings. The lowest BCUT2D eigenvalue weighted by molar-refractivity contribution is -0.128. The van der Waals surface area contributed by atoms with Gasteiger partial charge in [0.05, 0.1) is 6.20 Å². The monoisotopic (exact) mass is 331 g/mol. The first-order valence-electron chi connectivity index (χ1n) is 8.07. The standard InChI is InChI=1S/C16H21N5OS/c1-23-16-18-10-12(9-17)14(20-16)21-7-5-13(6-8-21)19-15(22)11-3-2-4-11/h10-11,13H,2-8H2,1H3,(H,19,22). The van der Waals surface area contributed by atoms with Gasteiger partial charge in [-0.05, 0) is 31.9 Å². The number of carbonyl (C=O) groups is 1. The Hall–Kier alpha value is -1.81. The number of aromatic nitrogens is 2. The second-order valence-electron chi connectivity index (χ2n) is 6.10. The van der Waals surface area contributed by atoms with Crippen LogP contribution in [0.1, 0.15) is 37.7 Å². The highest BCUT2D eigenvalue weighted by molar-refractivity contribution is 7.98. The molecule has 3 rings (SSSR count). The van der Waals surface area contributed by atoms with E-state index in [0.29, 0.717) is 10.7 Å². The van der Waals surface area contributed by atoms with Crippen molar-refractivity contribution in [3.8, 4) is 6.07 Å². The second-order valence-corrected chi connectivity index (χ2v) is 6.88. The summed E-state index contributed by atoms with van der Waals surface area (Å²) in [5, 5.41) is 13.1. The van der Waals surface area contributed by atoms with Crippen LogP contribution in [0, 0.1) is 17.2 Å². The zero-order valence-corrected chi connectivity index (χ0v) is 14.1. The highest BCUT2D eigenvalue weighted by Gasteiger charge is 2.29. The van der Waals surface area contributed by atoms with Crippen LogP contribution in [0.4, 0.5) is 5.82 Å². The van der Waals surface area contributed by atoms with Gasteiger partial charge in [-0.15, -0.1) is 0 Å². The quantitative estimate of drug-likeness (QED) is 0.671. The normalized spacial score (nSPS) is 19.0. The predicted octanol–water partition coefficient (Wildman–Crippen LogP) is 1.96. The molecule has 0 bridgehead atoms. The minimum Gasteiger partial charge on any atom is -0.355 e. The van der Waals surface area contributed by atoms with Crippen LogP contribution in [0.3, 0.4) is 0 Å². The number of piperidine rings is 1. The van der Waals surface area contributed by atoms with E-state index in [1.165, 1.54) is 18.2 Å². The van der Waals surface area contributed by atoms with E-state index in [9.17, 15) is 10.1 Å². The molecule has 2 aliphatic rings. The van der Waals surface area contributed by atoms with Crippen LogP contribution in [-0.4, -0.2) is 41.3 Å². The fourth-order valence-electron chi connectivity index (χ4n) is 3.00. The number of nitriles is 1. The molecular weight excluding hydrogens is 310 g/mol. The molecule has 1 aromatic rings. The summed E-state index contributed by atoms with van der Waals surface area (Å²) in [6.45, 7) is 1.60. The van der Waals surface area contributed by atoms with Crippen molar-refractivity contribution in [3.05, 3.63) is 11.8 Å². The highest BCUT2D eigenvalue weighted by Crippen LogP contribution is 2.27. The first-order valence-corrected chi connectivity index (χ1v) is 9.30. The molecule has 0 spiro atoms. The number of thioether (sulfide) groups is 1. The molecule has 6 nitrogen and oxygen atoms in total. The largest absolute Gasteiger partial charge is 0.355 e. The lowest BCUT2D eigenvalue weighted by atomic mass is 9.84. The van der Waals surface area contributed by atoms with Gasteiger partial charge in [-0.25, -0.2) is 9.97 Å². The number of hydrogen-bond donors (Lipinski definition) is 1. The van der Waals surface area contributed by atoms with Gasteiger partial charge in [-0.1, -0.05) is 18.2 Å². The molecule has 1 aliphatic carbocycles. The number of carbonyl (C=O) groups excluding carboxylic acids is 1. The maximum atomic E-state index is 12.0. The van der Waals surface area contributed by atoms with Crippen LogP contribution in [0.25, 0.3) is 0 Å². The third kappa shape index (κ3) is 3.58. The number of anilines is 1. The van der Waals surface area contributed by atoms with E-state index < -0.39 is 0 Å². The summed E-state index contributed by atoms with van der Waals surface area (Å²) < 4.78 is 0. The summed E-state index contributed by atoms with van der Waals surface area (Å²) >= 11 is 1.47. The number of rotatable bonds is 4. The Balaban J connectivity index is 1.60. The summed E-state index contributed by atoms with van der Waals surface area (Å²) in [5.74, 6) is 1.18. The van der Waals surface area contributed by atoms with E-state index in [4.69, 9.17) is 0 Å². The minimum absolute atomic E-state index is 0.221. The Kier molecular flexibility index (Phi) is 5.01. The van der Waals surface area contributed by atoms with Gasteiger partial charge in [0.25, 0.3) is 0 Å². The first-order chi connectivity index (χ1) is 11.2. The average Bonchev–Trinajstić information content (AvgIpc) is 2.53. The molecule has 1 aromatic heterocycles. The second kappa shape index (κ2) is 7.18. The van der Waals surface area contributed by atoms with E-state index in [-0.39, 0.29) is 17.9 Å². The molecule has 23 heavy (non-hydrogen) atoms. The predicted molar refractivity (Wildman–Crippen MR) is 89.2 cm³/mol. The van der Waals surface area contributed by atoms with Crippen molar-refractivity contribution in [1.82, 2.24) is 15.3 Å². The van der Waals surface area contributed by atoms with Gasteiger partial charge in [-0.3, -0.25) is 4.79 Å². The lowest BCUT2D eigenvalue weighted by Crippen LogP contribution is -2.47. The van der Waals surface area contributed by atoms with E-state index in [1.807, 2.05) is 6.26 Å². The maximum absolute atomic E-state index is 12.0. The molecule has 1 aliphatic heterocycles. The molecule has 1 N–H and O–H groups in total. The van der Waals surface area contributed by atoms with Crippen LogP contribution in [0.15, 0.2) is 11.4 Å². The van der Waals surface area contributed by atoms with Gasteiger partial charge < -0.3 is 10.2 Å². The topological polar surface area (TPSA) is 81.9 Å². The van der Waals surface area contributed by atoms with Crippen LogP contribution >= 0.6 is 11.8 Å². The summed E-state index contributed by atoms with van der Waals surface area (Å²) in [7, 11) is 0. The number of nitrogens with one attached hydrogen (secondary N) is 1. The molecule has 0 atom stereocenters. The van der Waals surface area contributed by atoms with Crippen LogP contribution < -0.4 is 10.2 Å². The SMILES string of the molecule is CSc1ncc(C#N)c(N2CCC(NC(=O)C3CCC3)CC2)n1. The van der Waals surface area contributed by atoms with Crippen molar-refractivity contribution in [2.75, 3.05) is 24.2 Å². The summed E-state index contributed by atoms with van der Waals surface area (Å²) in [6, 6.07) is 2.41. The van der Waals surface area contributed by atoms with Crippen molar-refractivity contribution in [3.63, 3.8) is 0 Å². The van der Waals surface area contributed by atoms with E-state index in [2.05, 4.69) is 26.3 Å². The van der Waals surface area contributed by atoms with Gasteiger partial charge in [0.2, 0.25) is 5.91 Å². The third-order valence-corrected chi connectivity index (χ3v) is 5.23. The molecular formula is C16H21N5OS. The fourth-order valence-corrected chi connectivity index (χ4v) is 3.34. The van der Waals surface area contributed by atoms with Gasteiger partial charge in [0.1, 0.15) is 11.6 Å². The van der Waals surface area contributed by atoms with Crippen LogP contribution in [0.5, 0.6) is 0 Å². The zero-order valence-electron chi connectivity index (χ0n) is 13.3. The zero-order chi connectivity index (χ0) is 16.2. The smallest absolute Gasteiger partial charge is 0.223 e. The maximum Gasteiger partial charge on any atom is 0.223 e. The molecule has 0 radical (unpaired) electrons. The number of nitrogens with zero attached hydrogens (tertiary/aromatic N) is 4.